The van der Waals surface area contributed by atoms with Crippen LogP contribution in [0.25, 0.3) is 0 Å². The van der Waals surface area contributed by atoms with Gasteiger partial charge in [-0.3, -0.25) is 0 Å². The summed E-state index contributed by atoms with van der Waals surface area (Å²) in [5.41, 5.74) is 6.04. The second-order valence-electron chi connectivity index (χ2n) is 3.91. The lowest BCUT2D eigenvalue weighted by Crippen LogP contribution is -2.42. The van der Waals surface area contributed by atoms with Crippen molar-refractivity contribution in [2.75, 3.05) is 5.32 Å². The summed E-state index contributed by atoms with van der Waals surface area (Å²) in [5.74, 6) is 0.940. The highest BCUT2D eigenvalue weighted by molar-refractivity contribution is 5.35. The molecule has 0 spiro atoms. The van der Waals surface area contributed by atoms with Crippen molar-refractivity contribution in [3.63, 3.8) is 0 Å². The maximum absolute atomic E-state index is 6.04. The molecule has 14 heavy (non-hydrogen) atoms. The van der Waals surface area contributed by atoms with Gasteiger partial charge in [-0.05, 0) is 25.0 Å². The van der Waals surface area contributed by atoms with Crippen LogP contribution < -0.4 is 11.1 Å². The van der Waals surface area contributed by atoms with Crippen LogP contribution in [-0.4, -0.2) is 17.1 Å². The molecule has 1 aliphatic carbocycles. The number of nitrogens with zero attached hydrogens (tertiary/aromatic N) is 1. The fourth-order valence-electron chi connectivity index (χ4n) is 1.98. The zero-order valence-electron chi connectivity index (χ0n) is 8.32. The SMILES string of the molecule is NC1CCCCC1Nc1ccccn1. The molecular formula is C11H17N3. The predicted molar refractivity (Wildman–Crippen MR) is 58.1 cm³/mol. The zero-order valence-corrected chi connectivity index (χ0v) is 8.32. The van der Waals surface area contributed by atoms with Crippen LogP contribution >= 0.6 is 0 Å². The fraction of sp³-hybridized carbons (Fsp3) is 0.545. The summed E-state index contributed by atoms with van der Waals surface area (Å²) in [5, 5.41) is 3.39. The summed E-state index contributed by atoms with van der Waals surface area (Å²) >= 11 is 0. The van der Waals surface area contributed by atoms with Crippen LogP contribution in [-0.2, 0) is 0 Å². The van der Waals surface area contributed by atoms with Crippen molar-refractivity contribution in [1.29, 1.82) is 0 Å². The van der Waals surface area contributed by atoms with Gasteiger partial charge in [-0.2, -0.15) is 0 Å². The molecule has 1 aromatic heterocycles. The monoisotopic (exact) mass is 191 g/mol. The normalized spacial score (nSPS) is 27.2. The molecular weight excluding hydrogens is 174 g/mol. The van der Waals surface area contributed by atoms with Gasteiger partial charge >= 0.3 is 0 Å². The van der Waals surface area contributed by atoms with E-state index in [1.807, 2.05) is 18.2 Å². The molecule has 2 rings (SSSR count). The number of anilines is 1. The Morgan fingerprint density at radius 3 is 2.86 bits per heavy atom. The minimum Gasteiger partial charge on any atom is -0.366 e. The number of nitrogens with two attached hydrogens (primary N) is 1. The standard InChI is InChI=1S/C11H17N3/c12-9-5-1-2-6-10(9)14-11-7-3-4-8-13-11/h3-4,7-10H,1-2,5-6,12H2,(H,13,14). The van der Waals surface area contributed by atoms with E-state index in [4.69, 9.17) is 5.73 Å². The first-order valence-electron chi connectivity index (χ1n) is 5.29. The van der Waals surface area contributed by atoms with Crippen LogP contribution in [0.3, 0.4) is 0 Å². The molecule has 3 nitrogen and oxygen atoms in total. The molecule has 0 aliphatic heterocycles. The van der Waals surface area contributed by atoms with Gasteiger partial charge in [-0.25, -0.2) is 4.98 Å². The lowest BCUT2D eigenvalue weighted by atomic mass is 9.91. The van der Waals surface area contributed by atoms with E-state index in [1.165, 1.54) is 12.8 Å². The molecule has 1 fully saturated rings. The largest absolute Gasteiger partial charge is 0.366 e. The van der Waals surface area contributed by atoms with Gasteiger partial charge in [0.15, 0.2) is 0 Å². The molecule has 0 aromatic carbocycles. The third kappa shape index (κ3) is 2.23. The third-order valence-electron chi connectivity index (χ3n) is 2.82. The molecule has 2 atom stereocenters. The molecule has 1 aromatic rings. The first-order chi connectivity index (χ1) is 6.86. The van der Waals surface area contributed by atoms with E-state index in [0.29, 0.717) is 6.04 Å². The highest BCUT2D eigenvalue weighted by atomic mass is 15.0. The van der Waals surface area contributed by atoms with Crippen molar-refractivity contribution < 1.29 is 0 Å². The van der Waals surface area contributed by atoms with Gasteiger partial charge in [0.05, 0.1) is 0 Å². The van der Waals surface area contributed by atoms with E-state index in [9.17, 15) is 0 Å². The highest BCUT2D eigenvalue weighted by Gasteiger charge is 2.21. The number of nitrogens with one attached hydrogen (secondary N) is 1. The van der Waals surface area contributed by atoms with Gasteiger partial charge in [0.1, 0.15) is 5.82 Å². The number of hydrogen-bond donors (Lipinski definition) is 2. The van der Waals surface area contributed by atoms with E-state index in [2.05, 4.69) is 10.3 Å². The maximum atomic E-state index is 6.04. The van der Waals surface area contributed by atoms with Crippen molar-refractivity contribution in [1.82, 2.24) is 4.98 Å². The smallest absolute Gasteiger partial charge is 0.126 e. The first-order valence-corrected chi connectivity index (χ1v) is 5.29. The average Bonchev–Trinajstić information content (AvgIpc) is 2.23. The molecule has 0 radical (unpaired) electrons. The summed E-state index contributed by atoms with van der Waals surface area (Å²) in [6.07, 6.45) is 6.64. The Morgan fingerprint density at radius 2 is 2.14 bits per heavy atom. The summed E-state index contributed by atoms with van der Waals surface area (Å²) in [4.78, 5) is 4.24. The first kappa shape index (κ1) is 9.46. The number of aromatic nitrogens is 1. The Labute approximate surface area is 84.7 Å². The van der Waals surface area contributed by atoms with E-state index in [0.717, 1.165) is 18.7 Å². The summed E-state index contributed by atoms with van der Waals surface area (Å²) in [6, 6.07) is 6.58. The maximum Gasteiger partial charge on any atom is 0.126 e. The van der Waals surface area contributed by atoms with Crippen LogP contribution in [0.5, 0.6) is 0 Å². The van der Waals surface area contributed by atoms with Crippen LogP contribution in [0.15, 0.2) is 24.4 Å². The van der Waals surface area contributed by atoms with Gasteiger partial charge in [0.2, 0.25) is 0 Å². The van der Waals surface area contributed by atoms with E-state index < -0.39 is 0 Å². The zero-order chi connectivity index (χ0) is 9.80. The molecule has 0 saturated heterocycles. The highest BCUT2D eigenvalue weighted by Crippen LogP contribution is 2.19. The van der Waals surface area contributed by atoms with Crippen LogP contribution in [0.4, 0.5) is 5.82 Å². The average molecular weight is 191 g/mol. The number of pyridine rings is 1. The Balaban J connectivity index is 1.96. The Bertz CT molecular complexity index is 273. The molecule has 3 heteroatoms. The third-order valence-corrected chi connectivity index (χ3v) is 2.82. The molecule has 1 aliphatic rings. The van der Waals surface area contributed by atoms with Crippen molar-refractivity contribution in [2.24, 2.45) is 5.73 Å². The summed E-state index contributed by atoms with van der Waals surface area (Å²) < 4.78 is 0. The van der Waals surface area contributed by atoms with Crippen LogP contribution in [0.2, 0.25) is 0 Å². The van der Waals surface area contributed by atoms with Crippen LogP contribution in [0, 0.1) is 0 Å². The Morgan fingerprint density at radius 1 is 1.29 bits per heavy atom. The van der Waals surface area contributed by atoms with E-state index in [1.54, 1.807) is 6.20 Å². The lowest BCUT2D eigenvalue weighted by molar-refractivity contribution is 0.403. The second-order valence-corrected chi connectivity index (χ2v) is 3.91. The molecule has 0 bridgehead atoms. The molecule has 2 unspecified atom stereocenters. The Kier molecular flexibility index (Phi) is 2.99. The van der Waals surface area contributed by atoms with Crippen molar-refractivity contribution >= 4 is 5.82 Å². The summed E-state index contributed by atoms with van der Waals surface area (Å²) in [6.45, 7) is 0. The second kappa shape index (κ2) is 4.42. The van der Waals surface area contributed by atoms with Crippen molar-refractivity contribution in [3.05, 3.63) is 24.4 Å². The topological polar surface area (TPSA) is 50.9 Å². The quantitative estimate of drug-likeness (QED) is 0.749. The van der Waals surface area contributed by atoms with E-state index in [-0.39, 0.29) is 6.04 Å². The number of hydrogen-bond acceptors (Lipinski definition) is 3. The van der Waals surface area contributed by atoms with E-state index >= 15 is 0 Å². The van der Waals surface area contributed by atoms with Gasteiger partial charge in [0.25, 0.3) is 0 Å². The Hall–Kier alpha value is -1.09. The molecule has 0 amide bonds. The lowest BCUT2D eigenvalue weighted by Gasteiger charge is -2.29. The van der Waals surface area contributed by atoms with Gasteiger partial charge in [0, 0.05) is 18.3 Å². The number of rotatable bonds is 2. The van der Waals surface area contributed by atoms with Crippen molar-refractivity contribution in [2.45, 2.75) is 37.8 Å². The summed E-state index contributed by atoms with van der Waals surface area (Å²) in [7, 11) is 0. The minimum absolute atomic E-state index is 0.283. The minimum atomic E-state index is 0.283. The van der Waals surface area contributed by atoms with Gasteiger partial charge in [-0.1, -0.05) is 18.9 Å². The molecule has 1 heterocycles. The molecule has 76 valence electrons. The molecule has 1 saturated carbocycles. The van der Waals surface area contributed by atoms with Crippen molar-refractivity contribution in [3.8, 4) is 0 Å². The molecule has 3 N–H and O–H groups in total. The van der Waals surface area contributed by atoms with Crippen LogP contribution in [0.1, 0.15) is 25.7 Å². The predicted octanol–water partition coefficient (Wildman–Crippen LogP) is 1.76. The van der Waals surface area contributed by atoms with Gasteiger partial charge in [-0.15, -0.1) is 0 Å². The van der Waals surface area contributed by atoms with Gasteiger partial charge < -0.3 is 11.1 Å². The fourth-order valence-corrected chi connectivity index (χ4v) is 1.98.